The van der Waals surface area contributed by atoms with Crippen molar-refractivity contribution in [3.05, 3.63) is 59.7 Å². The van der Waals surface area contributed by atoms with Crippen LogP contribution in [0.1, 0.15) is 25.0 Å². The summed E-state index contributed by atoms with van der Waals surface area (Å²) in [7, 11) is 0. The Kier molecular flexibility index (Phi) is 2.80. The highest BCUT2D eigenvalue weighted by Crippen LogP contribution is 2.32. The Balaban J connectivity index is 2.41. The molecule has 0 unspecified atom stereocenters. The van der Waals surface area contributed by atoms with Gasteiger partial charge in [0, 0.05) is 5.41 Å². The van der Waals surface area contributed by atoms with Crippen molar-refractivity contribution in [2.24, 2.45) is 0 Å². The average Bonchev–Trinajstić information content (AvgIpc) is 2.30. The van der Waals surface area contributed by atoms with Gasteiger partial charge in [0.05, 0.1) is 0 Å². The third kappa shape index (κ3) is 2.26. The van der Waals surface area contributed by atoms with Crippen molar-refractivity contribution in [3.8, 4) is 11.5 Å². The fourth-order valence-electron chi connectivity index (χ4n) is 1.92. The lowest BCUT2D eigenvalue weighted by Gasteiger charge is -2.26. The Hall–Kier alpha value is -1.96. The van der Waals surface area contributed by atoms with Crippen LogP contribution in [0.5, 0.6) is 11.5 Å². The number of benzene rings is 2. The SMILES string of the molecule is CC(C)(c1ccc([O])cc1)c1ccc(O)cc1. The molecule has 0 amide bonds. The van der Waals surface area contributed by atoms with Gasteiger partial charge in [-0.3, -0.25) is 5.11 Å². The molecule has 0 saturated heterocycles. The zero-order valence-electron chi connectivity index (χ0n) is 9.97. The van der Waals surface area contributed by atoms with Gasteiger partial charge in [0.2, 0.25) is 0 Å². The summed E-state index contributed by atoms with van der Waals surface area (Å²) in [6, 6.07) is 14.0. The van der Waals surface area contributed by atoms with Crippen LogP contribution in [0.15, 0.2) is 48.5 Å². The van der Waals surface area contributed by atoms with Gasteiger partial charge < -0.3 is 5.11 Å². The molecular weight excluding hydrogens is 212 g/mol. The highest BCUT2D eigenvalue weighted by Gasteiger charge is 2.22. The lowest BCUT2D eigenvalue weighted by molar-refractivity contribution is 0.354. The second-order valence-electron chi connectivity index (χ2n) is 4.70. The van der Waals surface area contributed by atoms with Gasteiger partial charge in [0.1, 0.15) is 5.75 Å². The van der Waals surface area contributed by atoms with Crippen LogP contribution >= 0.6 is 0 Å². The number of phenols is 1. The Morgan fingerprint density at radius 1 is 0.824 bits per heavy atom. The third-order valence-electron chi connectivity index (χ3n) is 3.16. The Labute approximate surface area is 101 Å². The van der Waals surface area contributed by atoms with Crippen LogP contribution in [-0.4, -0.2) is 5.11 Å². The van der Waals surface area contributed by atoms with Crippen molar-refractivity contribution >= 4 is 0 Å². The van der Waals surface area contributed by atoms with Crippen LogP contribution < -0.4 is 0 Å². The van der Waals surface area contributed by atoms with E-state index in [1.165, 1.54) is 0 Å². The summed E-state index contributed by atoms with van der Waals surface area (Å²) in [5.74, 6) is 0.287. The van der Waals surface area contributed by atoms with Crippen molar-refractivity contribution in [2.75, 3.05) is 0 Å². The Bertz CT molecular complexity index is 448. The predicted octanol–water partition coefficient (Wildman–Crippen LogP) is 3.86. The summed E-state index contributed by atoms with van der Waals surface area (Å²) in [5, 5.41) is 20.4. The lowest BCUT2D eigenvalue weighted by atomic mass is 9.78. The highest BCUT2D eigenvalue weighted by molar-refractivity contribution is 5.41. The van der Waals surface area contributed by atoms with Gasteiger partial charge >= 0.3 is 0 Å². The molecule has 2 aromatic carbocycles. The molecule has 1 N–H and O–H groups in total. The molecule has 2 heteroatoms. The summed E-state index contributed by atoms with van der Waals surface area (Å²) in [5.41, 5.74) is 2.01. The van der Waals surface area contributed by atoms with E-state index in [-0.39, 0.29) is 16.9 Å². The van der Waals surface area contributed by atoms with Crippen molar-refractivity contribution < 1.29 is 10.2 Å². The Morgan fingerprint density at radius 2 is 1.24 bits per heavy atom. The van der Waals surface area contributed by atoms with E-state index in [0.717, 1.165) is 11.1 Å². The molecule has 87 valence electrons. The minimum Gasteiger partial charge on any atom is -0.508 e. The van der Waals surface area contributed by atoms with Gasteiger partial charge in [-0.25, -0.2) is 0 Å². The van der Waals surface area contributed by atoms with Gasteiger partial charge in [0.15, 0.2) is 5.75 Å². The number of aromatic hydroxyl groups is 1. The van der Waals surface area contributed by atoms with E-state index in [0.29, 0.717) is 0 Å². The lowest BCUT2D eigenvalue weighted by Crippen LogP contribution is -2.18. The summed E-state index contributed by atoms with van der Waals surface area (Å²) in [6.07, 6.45) is 0. The van der Waals surface area contributed by atoms with Gasteiger partial charge in [-0.15, -0.1) is 0 Å². The molecule has 2 nitrogen and oxygen atoms in total. The second-order valence-corrected chi connectivity index (χ2v) is 4.70. The van der Waals surface area contributed by atoms with Gasteiger partial charge in [-0.05, 0) is 35.4 Å². The molecule has 0 atom stereocenters. The maximum Gasteiger partial charge on any atom is 0.178 e. The van der Waals surface area contributed by atoms with Gasteiger partial charge in [0.25, 0.3) is 0 Å². The molecule has 1 radical (unpaired) electrons. The minimum absolute atomic E-state index is 0.0234. The molecule has 0 heterocycles. The molecule has 2 aromatic rings. The van der Waals surface area contributed by atoms with Crippen molar-refractivity contribution in [2.45, 2.75) is 19.3 Å². The van der Waals surface area contributed by atoms with E-state index in [2.05, 4.69) is 13.8 Å². The van der Waals surface area contributed by atoms with Crippen LogP contribution in [0.25, 0.3) is 0 Å². The summed E-state index contributed by atoms with van der Waals surface area (Å²) in [4.78, 5) is 0. The van der Waals surface area contributed by atoms with E-state index in [1.807, 2.05) is 24.3 Å². The molecule has 0 aliphatic carbocycles. The first-order chi connectivity index (χ1) is 8.00. The van der Waals surface area contributed by atoms with Crippen LogP contribution in [-0.2, 0) is 10.5 Å². The Morgan fingerprint density at radius 3 is 1.71 bits per heavy atom. The first-order valence-corrected chi connectivity index (χ1v) is 5.57. The smallest absolute Gasteiger partial charge is 0.178 e. The maximum absolute atomic E-state index is 11.1. The highest BCUT2D eigenvalue weighted by atomic mass is 16.3. The molecule has 0 aromatic heterocycles. The average molecular weight is 227 g/mol. The molecule has 2 rings (SSSR count). The van der Waals surface area contributed by atoms with Crippen molar-refractivity contribution in [1.82, 2.24) is 0 Å². The molecule has 0 spiro atoms. The molecular formula is C15H15O2. The van der Waals surface area contributed by atoms with Crippen molar-refractivity contribution in [1.29, 1.82) is 0 Å². The third-order valence-corrected chi connectivity index (χ3v) is 3.16. The minimum atomic E-state index is -0.179. The quantitative estimate of drug-likeness (QED) is 0.831. The fourth-order valence-corrected chi connectivity index (χ4v) is 1.92. The van der Waals surface area contributed by atoms with Gasteiger partial charge in [-0.1, -0.05) is 38.1 Å². The molecule has 0 saturated carbocycles. The molecule has 0 aliphatic heterocycles. The van der Waals surface area contributed by atoms with E-state index in [1.54, 1.807) is 24.3 Å². The van der Waals surface area contributed by atoms with E-state index < -0.39 is 0 Å². The summed E-state index contributed by atoms with van der Waals surface area (Å²) < 4.78 is 0. The van der Waals surface area contributed by atoms with Crippen molar-refractivity contribution in [3.63, 3.8) is 0 Å². The fraction of sp³-hybridized carbons (Fsp3) is 0.200. The molecule has 0 aliphatic rings. The predicted molar refractivity (Wildman–Crippen MR) is 66.8 cm³/mol. The largest absolute Gasteiger partial charge is 0.508 e. The molecule has 17 heavy (non-hydrogen) atoms. The van der Waals surface area contributed by atoms with E-state index in [4.69, 9.17) is 0 Å². The van der Waals surface area contributed by atoms with Crippen LogP contribution in [0, 0.1) is 0 Å². The normalized spacial score (nSPS) is 11.4. The van der Waals surface area contributed by atoms with E-state index >= 15 is 0 Å². The number of hydrogen-bond donors (Lipinski definition) is 1. The zero-order chi connectivity index (χ0) is 12.5. The summed E-state index contributed by atoms with van der Waals surface area (Å²) in [6.45, 7) is 4.19. The zero-order valence-corrected chi connectivity index (χ0v) is 9.97. The topological polar surface area (TPSA) is 40.1 Å². The molecule has 0 bridgehead atoms. The van der Waals surface area contributed by atoms with E-state index in [9.17, 15) is 10.2 Å². The van der Waals surface area contributed by atoms with Crippen LogP contribution in [0.3, 0.4) is 0 Å². The number of rotatable bonds is 2. The number of hydrogen-bond acceptors (Lipinski definition) is 1. The second kappa shape index (κ2) is 4.13. The first-order valence-electron chi connectivity index (χ1n) is 5.57. The number of phenolic OH excluding ortho intramolecular Hbond substituents is 1. The van der Waals surface area contributed by atoms with Crippen LogP contribution in [0.2, 0.25) is 0 Å². The van der Waals surface area contributed by atoms with Gasteiger partial charge in [-0.2, -0.15) is 0 Å². The standard InChI is InChI=1S/C15H15O2/c1-15(2,11-3-7-13(16)8-4-11)12-5-9-14(17)10-6-12/h3-10,16H,1-2H3. The first kappa shape index (κ1) is 11.5. The monoisotopic (exact) mass is 227 g/mol. The summed E-state index contributed by atoms with van der Waals surface area (Å²) >= 11 is 0. The van der Waals surface area contributed by atoms with Crippen LogP contribution in [0.4, 0.5) is 0 Å². The maximum atomic E-state index is 11.1. The molecule has 0 fully saturated rings.